The molecule has 0 amide bonds. The van der Waals surface area contributed by atoms with Crippen LogP contribution in [0.4, 0.5) is 0 Å². The lowest BCUT2D eigenvalue weighted by Gasteiger charge is -2.26. The van der Waals surface area contributed by atoms with Gasteiger partial charge in [0.2, 0.25) is 0 Å². The van der Waals surface area contributed by atoms with Crippen molar-refractivity contribution in [3.63, 3.8) is 0 Å². The van der Waals surface area contributed by atoms with Crippen LogP contribution in [0.5, 0.6) is 0 Å². The molecule has 0 bridgehead atoms. The van der Waals surface area contributed by atoms with Gasteiger partial charge in [0, 0.05) is 15.9 Å². The van der Waals surface area contributed by atoms with Crippen molar-refractivity contribution < 1.29 is 0 Å². The first-order chi connectivity index (χ1) is 6.27. The van der Waals surface area contributed by atoms with Crippen molar-refractivity contribution in [1.82, 2.24) is 0 Å². The predicted molar refractivity (Wildman–Crippen MR) is 61.2 cm³/mol. The fraction of sp³-hybridized carbons (Fsp3) is 0.600. The number of hydrogen-bond donors (Lipinski definition) is 1. The van der Waals surface area contributed by atoms with Gasteiger partial charge in [0.1, 0.15) is 0 Å². The molecule has 2 unspecified atom stereocenters. The van der Waals surface area contributed by atoms with Crippen LogP contribution >= 0.6 is 27.3 Å². The number of thiophene rings is 1. The third-order valence-electron chi connectivity index (χ3n) is 2.80. The van der Waals surface area contributed by atoms with Crippen LogP contribution in [0.3, 0.4) is 0 Å². The maximum atomic E-state index is 5.97. The highest BCUT2D eigenvalue weighted by Gasteiger charge is 2.22. The largest absolute Gasteiger partial charge is 0.328 e. The Hall–Kier alpha value is 0.140. The lowest BCUT2D eigenvalue weighted by Crippen LogP contribution is -2.26. The summed E-state index contributed by atoms with van der Waals surface area (Å²) < 4.78 is 1.27. The van der Waals surface area contributed by atoms with Crippen molar-refractivity contribution in [1.29, 1.82) is 0 Å². The van der Waals surface area contributed by atoms with Gasteiger partial charge in [-0.15, -0.1) is 0 Å². The second-order valence-electron chi connectivity index (χ2n) is 3.80. The maximum absolute atomic E-state index is 5.97. The fourth-order valence-electron chi connectivity index (χ4n) is 2.09. The molecule has 0 spiro atoms. The Bertz CT molecular complexity index is 284. The minimum Gasteiger partial charge on any atom is -0.328 e. The van der Waals surface area contributed by atoms with Crippen molar-refractivity contribution in [3.05, 3.63) is 20.8 Å². The molecule has 13 heavy (non-hydrogen) atoms. The molecule has 1 aromatic rings. The maximum Gasteiger partial charge on any atom is 0.0317 e. The van der Waals surface area contributed by atoms with Crippen LogP contribution in [0, 0.1) is 0 Å². The lowest BCUT2D eigenvalue weighted by molar-refractivity contribution is 0.393. The molecular formula is C10H14BrNS. The average molecular weight is 260 g/mol. The van der Waals surface area contributed by atoms with Gasteiger partial charge in [-0.3, -0.25) is 0 Å². The predicted octanol–water partition coefficient (Wildman–Crippen LogP) is 3.50. The second kappa shape index (κ2) is 4.11. The SMILES string of the molecule is NC1CCCC(c2cscc2Br)C1. The van der Waals surface area contributed by atoms with E-state index in [9.17, 15) is 0 Å². The number of rotatable bonds is 1. The molecule has 0 radical (unpaired) electrons. The normalized spacial score (nSPS) is 29.1. The first kappa shape index (κ1) is 9.69. The Balaban J connectivity index is 2.12. The van der Waals surface area contributed by atoms with Gasteiger partial charge in [-0.1, -0.05) is 6.42 Å². The van der Waals surface area contributed by atoms with Crippen LogP contribution in [0.15, 0.2) is 15.2 Å². The minimum atomic E-state index is 0.422. The van der Waals surface area contributed by atoms with E-state index in [1.54, 1.807) is 11.3 Å². The molecule has 72 valence electrons. The zero-order valence-electron chi connectivity index (χ0n) is 7.50. The smallest absolute Gasteiger partial charge is 0.0317 e. The van der Waals surface area contributed by atoms with Crippen molar-refractivity contribution in [2.24, 2.45) is 5.73 Å². The van der Waals surface area contributed by atoms with E-state index in [4.69, 9.17) is 5.73 Å². The quantitative estimate of drug-likeness (QED) is 0.821. The summed E-state index contributed by atoms with van der Waals surface area (Å²) in [6, 6.07) is 0.422. The molecule has 2 N–H and O–H groups in total. The number of nitrogens with two attached hydrogens (primary N) is 1. The molecule has 1 aliphatic rings. The van der Waals surface area contributed by atoms with Crippen molar-refractivity contribution >= 4 is 27.3 Å². The summed E-state index contributed by atoms with van der Waals surface area (Å²) in [6.07, 6.45) is 4.96. The second-order valence-corrected chi connectivity index (χ2v) is 5.40. The molecule has 1 nitrogen and oxygen atoms in total. The Kier molecular flexibility index (Phi) is 3.06. The Labute approximate surface area is 91.5 Å². The number of hydrogen-bond acceptors (Lipinski definition) is 2. The van der Waals surface area contributed by atoms with Crippen LogP contribution in [0.1, 0.15) is 37.2 Å². The minimum absolute atomic E-state index is 0.422. The summed E-state index contributed by atoms with van der Waals surface area (Å²) in [6.45, 7) is 0. The molecule has 2 rings (SSSR count). The van der Waals surface area contributed by atoms with Gasteiger partial charge in [-0.2, -0.15) is 11.3 Å². The molecule has 1 heterocycles. The van der Waals surface area contributed by atoms with Crippen molar-refractivity contribution in [2.45, 2.75) is 37.6 Å². The van der Waals surface area contributed by atoms with Gasteiger partial charge in [-0.05, 0) is 52.1 Å². The summed E-state index contributed by atoms with van der Waals surface area (Å²) in [4.78, 5) is 0. The van der Waals surface area contributed by atoms with E-state index in [-0.39, 0.29) is 0 Å². The van der Waals surface area contributed by atoms with E-state index in [2.05, 4.69) is 26.7 Å². The van der Waals surface area contributed by atoms with Crippen LogP contribution in [-0.4, -0.2) is 6.04 Å². The van der Waals surface area contributed by atoms with Gasteiger partial charge >= 0.3 is 0 Å². The topological polar surface area (TPSA) is 26.0 Å². The van der Waals surface area contributed by atoms with E-state index in [1.165, 1.54) is 29.3 Å². The molecule has 0 aliphatic heterocycles. The summed E-state index contributed by atoms with van der Waals surface area (Å²) in [5.41, 5.74) is 7.44. The highest BCUT2D eigenvalue weighted by atomic mass is 79.9. The summed E-state index contributed by atoms with van der Waals surface area (Å²) >= 11 is 5.36. The van der Waals surface area contributed by atoms with Gasteiger partial charge < -0.3 is 5.73 Å². The molecule has 0 aromatic carbocycles. The van der Waals surface area contributed by atoms with Crippen molar-refractivity contribution in [3.8, 4) is 0 Å². The van der Waals surface area contributed by atoms with E-state index in [0.717, 1.165) is 6.42 Å². The molecule has 1 aliphatic carbocycles. The highest BCUT2D eigenvalue weighted by molar-refractivity contribution is 9.10. The Morgan fingerprint density at radius 2 is 2.23 bits per heavy atom. The molecular weight excluding hydrogens is 246 g/mol. The molecule has 2 atom stereocenters. The fourth-order valence-corrected chi connectivity index (χ4v) is 3.80. The van der Waals surface area contributed by atoms with Gasteiger partial charge in [0.05, 0.1) is 0 Å². The lowest BCUT2D eigenvalue weighted by atomic mass is 9.83. The zero-order valence-corrected chi connectivity index (χ0v) is 9.90. The summed E-state index contributed by atoms with van der Waals surface area (Å²) in [5.74, 6) is 0.698. The highest BCUT2D eigenvalue weighted by Crippen LogP contribution is 2.37. The molecule has 0 saturated heterocycles. The third-order valence-corrected chi connectivity index (χ3v) is 4.55. The van der Waals surface area contributed by atoms with E-state index in [1.807, 2.05) is 0 Å². The zero-order chi connectivity index (χ0) is 9.26. The van der Waals surface area contributed by atoms with E-state index < -0.39 is 0 Å². The Morgan fingerprint density at radius 1 is 1.38 bits per heavy atom. The Morgan fingerprint density at radius 3 is 2.85 bits per heavy atom. The van der Waals surface area contributed by atoms with Crippen LogP contribution in [-0.2, 0) is 0 Å². The van der Waals surface area contributed by atoms with Crippen molar-refractivity contribution in [2.75, 3.05) is 0 Å². The number of halogens is 1. The first-order valence-electron chi connectivity index (χ1n) is 4.74. The molecule has 1 aromatic heterocycles. The van der Waals surface area contributed by atoms with Gasteiger partial charge in [0.15, 0.2) is 0 Å². The monoisotopic (exact) mass is 259 g/mol. The standard InChI is InChI=1S/C10H14BrNS/c11-10-6-13-5-9(10)7-2-1-3-8(12)4-7/h5-8H,1-4,12H2. The summed E-state index contributed by atoms with van der Waals surface area (Å²) in [5, 5.41) is 4.42. The van der Waals surface area contributed by atoms with E-state index in [0.29, 0.717) is 12.0 Å². The van der Waals surface area contributed by atoms with Gasteiger partial charge in [-0.25, -0.2) is 0 Å². The van der Waals surface area contributed by atoms with Gasteiger partial charge in [0.25, 0.3) is 0 Å². The molecule has 1 saturated carbocycles. The molecule has 3 heteroatoms. The third kappa shape index (κ3) is 2.14. The van der Waals surface area contributed by atoms with Crippen LogP contribution in [0.25, 0.3) is 0 Å². The van der Waals surface area contributed by atoms with Crippen LogP contribution in [0.2, 0.25) is 0 Å². The van der Waals surface area contributed by atoms with E-state index >= 15 is 0 Å². The van der Waals surface area contributed by atoms with Crippen LogP contribution < -0.4 is 5.73 Å². The molecule has 1 fully saturated rings. The average Bonchev–Trinajstić information content (AvgIpc) is 2.51. The summed E-state index contributed by atoms with van der Waals surface area (Å²) in [7, 11) is 0. The first-order valence-corrected chi connectivity index (χ1v) is 6.48.